The summed E-state index contributed by atoms with van der Waals surface area (Å²) in [5.41, 5.74) is 24.2. The third kappa shape index (κ3) is 9.15. The van der Waals surface area contributed by atoms with E-state index in [9.17, 15) is 0 Å². The second-order valence-corrected chi connectivity index (χ2v) is 16.4. The Morgan fingerprint density at radius 1 is 0.381 bits per heavy atom. The molecule has 5 aromatic rings. The number of hydrogen-bond acceptors (Lipinski definition) is 6. The predicted octanol–water partition coefficient (Wildman–Crippen LogP) is 12.7. The first kappa shape index (κ1) is 47.4. The molecule has 4 aliphatic rings. The van der Waals surface area contributed by atoms with Crippen LogP contribution in [0.2, 0.25) is 0 Å². The van der Waals surface area contributed by atoms with Gasteiger partial charge >= 0.3 is 0 Å². The Morgan fingerprint density at radius 3 is 0.794 bits per heavy atom. The minimum Gasteiger partial charge on any atom is -0.657 e. The van der Waals surface area contributed by atoms with Crippen molar-refractivity contribution in [2.45, 2.75) is 107 Å². The Hall–Kier alpha value is -5.11. The smallest absolute Gasteiger partial charge is 0.0660 e. The molecule has 0 fully saturated rings. The number of benzene rings is 2. The molecule has 2 aromatic carbocycles. The third-order valence-corrected chi connectivity index (χ3v) is 12.8. The predicted molar refractivity (Wildman–Crippen MR) is 266 cm³/mol. The van der Waals surface area contributed by atoms with Crippen molar-refractivity contribution in [3.05, 3.63) is 131 Å². The minimum absolute atomic E-state index is 0. The van der Waals surface area contributed by atoms with Crippen molar-refractivity contribution in [1.82, 2.24) is 19.9 Å². The first-order valence-corrected chi connectivity index (χ1v) is 23.0. The van der Waals surface area contributed by atoms with Crippen LogP contribution in [0.1, 0.15) is 126 Å². The molecule has 0 atom stereocenters. The van der Waals surface area contributed by atoms with Gasteiger partial charge in [-0.2, -0.15) is 13.3 Å². The summed E-state index contributed by atoms with van der Waals surface area (Å²) < 4.78 is 0. The second-order valence-electron chi connectivity index (χ2n) is 16.4. The molecule has 0 amide bonds. The molecular formula is C54H66IrN8-4. The fourth-order valence-corrected chi connectivity index (χ4v) is 9.81. The van der Waals surface area contributed by atoms with E-state index in [2.05, 4.69) is 189 Å². The number of para-hydroxylation sites is 4. The summed E-state index contributed by atoms with van der Waals surface area (Å²) in [4.78, 5) is 29.5. The number of aryl methyl sites for hydroxylation is 4. The summed E-state index contributed by atoms with van der Waals surface area (Å²) in [5.74, 6) is 0. The van der Waals surface area contributed by atoms with E-state index < -0.39 is 0 Å². The van der Waals surface area contributed by atoms with Crippen LogP contribution in [0.15, 0.2) is 72.8 Å². The molecule has 0 saturated heterocycles. The summed E-state index contributed by atoms with van der Waals surface area (Å²) in [6.45, 7) is 22.1. The van der Waals surface area contributed by atoms with Crippen molar-refractivity contribution in [3.8, 4) is 0 Å². The molecule has 7 heterocycles. The topological polar surface area (TPSA) is 66.9 Å². The van der Waals surface area contributed by atoms with Gasteiger partial charge in [0.05, 0.1) is 22.8 Å². The maximum Gasteiger partial charge on any atom is 0.0660 e. The van der Waals surface area contributed by atoms with Crippen LogP contribution in [-0.2, 0) is 45.8 Å². The van der Waals surface area contributed by atoms with E-state index in [-0.39, 0.29) is 20.1 Å². The molecule has 8 bridgehead atoms. The Morgan fingerprint density at radius 2 is 0.603 bits per heavy atom. The molecule has 0 spiro atoms. The first-order valence-electron chi connectivity index (χ1n) is 23.0. The number of fused-ring (bicyclic) bond motifs is 10. The number of nitrogens with zero attached hydrogens (tertiary/aromatic N) is 8. The summed E-state index contributed by atoms with van der Waals surface area (Å²) >= 11 is 0. The maximum atomic E-state index is 5.25. The Labute approximate surface area is 390 Å². The SMILES string of the molecule is CCC1=C(CC)c2cc3[n-]c(cc4nc(cc5[n-]c(cc1n2)c(CC)c5CC)C(CC)=C4CC)c(CC)c3CC.CN1[CH-]N(C)c2ccccc21.CN1[CH-]N(C)c2ccccc21.[Ir]. The molecule has 1 radical (unpaired) electrons. The number of aromatic nitrogens is 4. The standard InChI is InChI=1S/C36H44N4.2C9H11N2.Ir/c1-9-21-22(10-2)30-18-32-25(13-5)26(14-6)34(39-32)20-36-28(16-8)27(15-7)35(40-36)19-33-24(12-4)23(11-3)31(38-33)17-29(21)37-30;2*1-10-7-11(2)9-6-4-3-5-8(9)10;/h17-20H,9-16H2,1-8H3;2*3-7H,1-2H3;/q-2;2*-1;. The quantitative estimate of drug-likeness (QED) is 0.142. The van der Waals surface area contributed by atoms with Crippen LogP contribution in [0.5, 0.6) is 0 Å². The van der Waals surface area contributed by atoms with Crippen LogP contribution in [0, 0.1) is 13.3 Å². The first-order chi connectivity index (χ1) is 30.0. The van der Waals surface area contributed by atoms with E-state index >= 15 is 0 Å². The number of anilines is 4. The second kappa shape index (κ2) is 20.6. The molecule has 9 heteroatoms. The number of allylic oxidation sites excluding steroid dienone is 4. The molecular weight excluding hydrogens is 953 g/mol. The molecule has 9 rings (SSSR count). The Bertz CT molecular complexity index is 2310. The zero-order chi connectivity index (χ0) is 44.2. The van der Waals surface area contributed by atoms with Crippen LogP contribution in [0.25, 0.3) is 44.4 Å². The van der Waals surface area contributed by atoms with Crippen molar-refractivity contribution < 1.29 is 20.1 Å². The van der Waals surface area contributed by atoms with Gasteiger partial charge in [-0.3, -0.25) is 0 Å². The van der Waals surface area contributed by atoms with Crippen molar-refractivity contribution in [3.63, 3.8) is 0 Å². The van der Waals surface area contributed by atoms with E-state index in [1.807, 2.05) is 0 Å². The Kier molecular flexibility index (Phi) is 15.5. The van der Waals surface area contributed by atoms with Crippen LogP contribution in [0.4, 0.5) is 22.7 Å². The van der Waals surface area contributed by atoms with Crippen LogP contribution < -0.4 is 29.6 Å². The van der Waals surface area contributed by atoms with Crippen molar-refractivity contribution in [2.75, 3.05) is 47.8 Å². The van der Waals surface area contributed by atoms with Crippen LogP contribution >= 0.6 is 0 Å². The van der Waals surface area contributed by atoms with E-state index in [0.717, 1.165) is 96.2 Å². The molecule has 335 valence electrons. The molecule has 0 unspecified atom stereocenters. The van der Waals surface area contributed by atoms with Crippen LogP contribution in [0.3, 0.4) is 0 Å². The van der Waals surface area contributed by atoms with E-state index in [0.29, 0.717) is 0 Å². The number of rotatable bonds is 8. The number of hydrogen-bond donors (Lipinski definition) is 0. The van der Waals surface area contributed by atoms with Gasteiger partial charge in [0, 0.05) is 42.9 Å². The van der Waals surface area contributed by atoms with E-state index in [4.69, 9.17) is 19.9 Å². The van der Waals surface area contributed by atoms with Gasteiger partial charge in [-0.15, -0.1) is 22.1 Å². The van der Waals surface area contributed by atoms with Crippen LogP contribution in [-0.4, -0.2) is 38.2 Å². The summed E-state index contributed by atoms with van der Waals surface area (Å²) in [6.07, 6.45) is 7.60. The van der Waals surface area contributed by atoms with Gasteiger partial charge in [-0.1, -0.05) is 126 Å². The van der Waals surface area contributed by atoms with Gasteiger partial charge in [0.2, 0.25) is 0 Å². The minimum atomic E-state index is 0. The molecule has 4 aliphatic heterocycles. The fourth-order valence-electron chi connectivity index (χ4n) is 9.81. The third-order valence-electron chi connectivity index (χ3n) is 12.8. The molecule has 3 aromatic heterocycles. The average Bonchev–Trinajstić information content (AvgIpc) is 4.11. The normalized spacial score (nSPS) is 14.0. The molecule has 0 saturated carbocycles. The molecule has 0 N–H and O–H groups in total. The van der Waals surface area contributed by atoms with Crippen molar-refractivity contribution >= 4 is 67.1 Å². The molecule has 8 nitrogen and oxygen atoms in total. The van der Waals surface area contributed by atoms with Gasteiger partial charge in [-0.25, -0.2) is 9.97 Å². The Balaban J connectivity index is 0.000000231. The maximum absolute atomic E-state index is 5.25. The average molecular weight is 1020 g/mol. The summed E-state index contributed by atoms with van der Waals surface area (Å²) in [5, 5.41) is 0. The van der Waals surface area contributed by atoms with Gasteiger partial charge in [0.1, 0.15) is 0 Å². The van der Waals surface area contributed by atoms with Gasteiger partial charge < -0.3 is 29.6 Å². The molecule has 63 heavy (non-hydrogen) atoms. The van der Waals surface area contributed by atoms with Crippen molar-refractivity contribution in [1.29, 1.82) is 0 Å². The zero-order valence-electron chi connectivity index (χ0n) is 39.7. The monoisotopic (exact) mass is 1020 g/mol. The van der Waals surface area contributed by atoms with Crippen molar-refractivity contribution in [2.24, 2.45) is 0 Å². The summed E-state index contributed by atoms with van der Waals surface area (Å²) in [7, 11) is 8.23. The fraction of sp³-hybridized carbons (Fsp3) is 0.370. The summed E-state index contributed by atoms with van der Waals surface area (Å²) in [6, 6.07) is 25.7. The van der Waals surface area contributed by atoms with E-state index in [1.54, 1.807) is 0 Å². The van der Waals surface area contributed by atoms with E-state index in [1.165, 1.54) is 67.3 Å². The molecule has 0 aliphatic carbocycles. The van der Waals surface area contributed by atoms with Gasteiger partial charge in [-0.05, 0) is 126 Å². The van der Waals surface area contributed by atoms with Gasteiger partial charge in [0.25, 0.3) is 0 Å². The largest absolute Gasteiger partial charge is 0.657 e. The van der Waals surface area contributed by atoms with Gasteiger partial charge in [0.15, 0.2) is 0 Å². The zero-order valence-corrected chi connectivity index (χ0v) is 42.0.